The Morgan fingerprint density at radius 1 is 1.12 bits per heavy atom. The smallest absolute Gasteiger partial charge is 0.275 e. The minimum Gasteiger partial charge on any atom is -0.507 e. The molecule has 33 heavy (non-hydrogen) atoms. The van der Waals surface area contributed by atoms with Gasteiger partial charge < -0.3 is 9.84 Å². The zero-order valence-corrected chi connectivity index (χ0v) is 18.0. The Morgan fingerprint density at radius 2 is 1.88 bits per heavy atom. The number of hydrazone groups is 1. The Hall–Kier alpha value is -3.92. The lowest BCUT2D eigenvalue weighted by Gasteiger charge is -2.16. The van der Waals surface area contributed by atoms with Crippen LogP contribution in [0.4, 0.5) is 14.5 Å². The number of rotatable bonds is 5. The molecular weight excluding hydrogens is 452 g/mol. The minimum absolute atomic E-state index is 0.0689. The van der Waals surface area contributed by atoms with Gasteiger partial charge in [0.25, 0.3) is 5.91 Å². The molecule has 0 unspecified atom stereocenters. The number of aromatic hydroxyl groups is 1. The van der Waals surface area contributed by atoms with Gasteiger partial charge in [-0.3, -0.25) is 14.5 Å². The van der Waals surface area contributed by atoms with Crippen molar-refractivity contribution in [1.82, 2.24) is 5.43 Å². The maximum absolute atomic E-state index is 14.1. The maximum atomic E-state index is 14.1. The maximum Gasteiger partial charge on any atom is 0.275 e. The molecule has 1 heterocycles. The quantitative estimate of drug-likeness (QED) is 0.549. The van der Waals surface area contributed by atoms with Crippen LogP contribution in [0.15, 0.2) is 65.8 Å². The molecule has 168 valence electrons. The van der Waals surface area contributed by atoms with E-state index in [9.17, 15) is 23.5 Å². The van der Waals surface area contributed by atoms with Crippen LogP contribution in [0, 0.1) is 11.6 Å². The third-order valence-electron chi connectivity index (χ3n) is 4.83. The predicted molar refractivity (Wildman–Crippen MR) is 121 cm³/mol. The molecule has 7 nitrogen and oxygen atoms in total. The van der Waals surface area contributed by atoms with Gasteiger partial charge in [-0.1, -0.05) is 17.8 Å². The van der Waals surface area contributed by atoms with Crippen LogP contribution in [0.5, 0.6) is 11.5 Å². The lowest BCUT2D eigenvalue weighted by atomic mass is 10.0. The highest BCUT2D eigenvalue weighted by Crippen LogP contribution is 2.30. The number of methoxy groups -OCH3 is 1. The van der Waals surface area contributed by atoms with Crippen LogP contribution in [0.3, 0.4) is 0 Å². The van der Waals surface area contributed by atoms with Gasteiger partial charge in [-0.25, -0.2) is 14.2 Å². The van der Waals surface area contributed by atoms with E-state index < -0.39 is 17.5 Å². The SMILES string of the molecule is COc1ccc(N2C(=O)CS/C2=N\NC(=O)c2cc(-c3ccc(F)cc3F)ccc2O)cc1. The molecule has 2 amide bonds. The lowest BCUT2D eigenvalue weighted by molar-refractivity contribution is -0.115. The van der Waals surface area contributed by atoms with E-state index in [4.69, 9.17) is 4.74 Å². The number of amidine groups is 1. The first-order valence-corrected chi connectivity index (χ1v) is 10.6. The highest BCUT2D eigenvalue weighted by molar-refractivity contribution is 8.15. The van der Waals surface area contributed by atoms with E-state index in [2.05, 4.69) is 10.5 Å². The van der Waals surface area contributed by atoms with E-state index in [1.807, 2.05) is 0 Å². The Kier molecular flexibility index (Phi) is 6.27. The second kappa shape index (κ2) is 9.29. The minimum atomic E-state index is -0.803. The summed E-state index contributed by atoms with van der Waals surface area (Å²) in [5.74, 6) is -2.09. The van der Waals surface area contributed by atoms with Crippen LogP contribution >= 0.6 is 11.8 Å². The second-order valence-corrected chi connectivity index (χ2v) is 7.85. The molecule has 0 aromatic heterocycles. The average Bonchev–Trinajstić information content (AvgIpc) is 3.18. The summed E-state index contributed by atoms with van der Waals surface area (Å²) in [5.41, 5.74) is 3.05. The van der Waals surface area contributed by atoms with Crippen LogP contribution in [0.25, 0.3) is 11.1 Å². The van der Waals surface area contributed by atoms with Crippen molar-refractivity contribution in [3.05, 3.63) is 77.9 Å². The molecule has 10 heteroatoms. The molecule has 2 N–H and O–H groups in total. The van der Waals surface area contributed by atoms with Crippen molar-refractivity contribution in [3.8, 4) is 22.6 Å². The molecule has 0 spiro atoms. The number of anilines is 1. The molecule has 0 radical (unpaired) electrons. The lowest BCUT2D eigenvalue weighted by Crippen LogP contribution is -2.31. The van der Waals surface area contributed by atoms with Crippen LogP contribution in [0.2, 0.25) is 0 Å². The highest BCUT2D eigenvalue weighted by Gasteiger charge is 2.30. The van der Waals surface area contributed by atoms with E-state index in [-0.39, 0.29) is 39.3 Å². The monoisotopic (exact) mass is 469 g/mol. The Bertz CT molecular complexity index is 1270. The topological polar surface area (TPSA) is 91.2 Å². The number of nitrogens with one attached hydrogen (secondary N) is 1. The van der Waals surface area contributed by atoms with E-state index in [1.165, 1.54) is 36.3 Å². The molecule has 0 aliphatic carbocycles. The van der Waals surface area contributed by atoms with Crippen molar-refractivity contribution in [2.45, 2.75) is 0 Å². The highest BCUT2D eigenvalue weighted by atomic mass is 32.2. The summed E-state index contributed by atoms with van der Waals surface area (Å²) in [4.78, 5) is 26.4. The first-order chi connectivity index (χ1) is 15.9. The molecular formula is C23H17F2N3O4S. The summed E-state index contributed by atoms with van der Waals surface area (Å²) in [6, 6.07) is 13.7. The summed E-state index contributed by atoms with van der Waals surface area (Å²) in [6.45, 7) is 0. The van der Waals surface area contributed by atoms with Crippen molar-refractivity contribution in [1.29, 1.82) is 0 Å². The van der Waals surface area contributed by atoms with Gasteiger partial charge in [0.2, 0.25) is 5.91 Å². The van der Waals surface area contributed by atoms with Crippen molar-refractivity contribution in [3.63, 3.8) is 0 Å². The summed E-state index contributed by atoms with van der Waals surface area (Å²) in [5, 5.41) is 14.4. The number of phenolic OH excluding ortho intramolecular Hbond substituents is 1. The van der Waals surface area contributed by atoms with Gasteiger partial charge in [0.05, 0.1) is 24.1 Å². The van der Waals surface area contributed by atoms with Gasteiger partial charge >= 0.3 is 0 Å². The molecule has 0 atom stereocenters. The number of phenols is 1. The summed E-state index contributed by atoms with van der Waals surface area (Å²) in [7, 11) is 1.53. The Balaban J connectivity index is 1.58. The number of amides is 2. The van der Waals surface area contributed by atoms with Crippen LogP contribution < -0.4 is 15.1 Å². The van der Waals surface area contributed by atoms with Crippen molar-refractivity contribution in [2.75, 3.05) is 17.8 Å². The van der Waals surface area contributed by atoms with Gasteiger partial charge in [-0.15, -0.1) is 5.10 Å². The Labute approximate surface area is 191 Å². The molecule has 1 saturated heterocycles. The molecule has 3 aromatic rings. The number of benzene rings is 3. The number of carbonyl (C=O) groups is 2. The molecule has 4 rings (SSSR count). The van der Waals surface area contributed by atoms with Crippen LogP contribution in [0.1, 0.15) is 10.4 Å². The number of carbonyl (C=O) groups excluding carboxylic acids is 2. The van der Waals surface area contributed by atoms with E-state index in [1.54, 1.807) is 24.3 Å². The second-order valence-electron chi connectivity index (χ2n) is 6.91. The first-order valence-electron chi connectivity index (χ1n) is 9.63. The first kappa shape index (κ1) is 22.3. The van der Waals surface area contributed by atoms with Crippen molar-refractivity contribution >= 4 is 34.4 Å². The standard InChI is InChI=1S/C23H17F2N3O4S/c1-32-16-6-4-15(5-7-16)28-21(30)12-33-23(28)27-26-22(31)18-10-13(2-9-20(18)29)17-8-3-14(24)11-19(17)25/h2-11,29H,12H2,1H3,(H,26,31)/b27-23-. The largest absolute Gasteiger partial charge is 0.507 e. The zero-order valence-electron chi connectivity index (χ0n) is 17.2. The molecule has 1 aliphatic rings. The molecule has 1 aliphatic heterocycles. The predicted octanol–water partition coefficient (Wildman–Crippen LogP) is 4.13. The molecule has 1 fully saturated rings. The fraction of sp³-hybridized carbons (Fsp3) is 0.0870. The van der Waals surface area contributed by atoms with Gasteiger partial charge in [-0.05, 0) is 54.1 Å². The number of nitrogens with zero attached hydrogens (tertiary/aromatic N) is 2. The van der Waals surface area contributed by atoms with Gasteiger partial charge in [0, 0.05) is 11.6 Å². The Morgan fingerprint density at radius 3 is 2.58 bits per heavy atom. The molecule has 0 bridgehead atoms. The third-order valence-corrected chi connectivity index (χ3v) is 5.76. The summed E-state index contributed by atoms with van der Waals surface area (Å²) < 4.78 is 32.5. The molecule has 0 saturated carbocycles. The fourth-order valence-corrected chi connectivity index (χ4v) is 4.03. The van der Waals surface area contributed by atoms with Crippen molar-refractivity contribution in [2.24, 2.45) is 5.10 Å². The van der Waals surface area contributed by atoms with E-state index in [0.29, 0.717) is 11.4 Å². The number of ether oxygens (including phenoxy) is 1. The molecule has 3 aromatic carbocycles. The van der Waals surface area contributed by atoms with Crippen molar-refractivity contribution < 1.29 is 28.2 Å². The van der Waals surface area contributed by atoms with Gasteiger partial charge in [0.15, 0.2) is 5.17 Å². The van der Waals surface area contributed by atoms with E-state index in [0.717, 1.165) is 23.9 Å². The number of thioether (sulfide) groups is 1. The zero-order chi connectivity index (χ0) is 23.5. The average molecular weight is 469 g/mol. The summed E-state index contributed by atoms with van der Waals surface area (Å²) in [6.07, 6.45) is 0. The van der Waals surface area contributed by atoms with Crippen LogP contribution in [-0.2, 0) is 4.79 Å². The third kappa shape index (κ3) is 4.65. The number of halogens is 2. The fourth-order valence-electron chi connectivity index (χ4n) is 3.20. The number of hydrogen-bond acceptors (Lipinski definition) is 6. The van der Waals surface area contributed by atoms with E-state index >= 15 is 0 Å². The van der Waals surface area contributed by atoms with Crippen LogP contribution in [-0.4, -0.2) is 35.0 Å². The van der Waals surface area contributed by atoms with Gasteiger partial charge in [-0.2, -0.15) is 0 Å². The number of hydrogen-bond donors (Lipinski definition) is 2. The van der Waals surface area contributed by atoms with Gasteiger partial charge in [0.1, 0.15) is 23.1 Å². The normalized spacial score (nSPS) is 14.6. The summed E-state index contributed by atoms with van der Waals surface area (Å²) >= 11 is 1.14.